The molecule has 1 aliphatic rings. The van der Waals surface area contributed by atoms with E-state index in [9.17, 15) is 0 Å². The van der Waals surface area contributed by atoms with Gasteiger partial charge in [0, 0.05) is 5.33 Å². The smallest absolute Gasteiger partial charge is 0.135 e. The van der Waals surface area contributed by atoms with Crippen LogP contribution in [0.3, 0.4) is 0 Å². The maximum Gasteiger partial charge on any atom is 0.135 e. The Labute approximate surface area is 55.9 Å². The minimum Gasteiger partial charge on any atom is -0.200 e. The van der Waals surface area contributed by atoms with E-state index in [1.807, 2.05) is 6.92 Å². The van der Waals surface area contributed by atoms with Crippen molar-refractivity contribution in [1.82, 2.24) is 0 Å². The highest BCUT2D eigenvalue weighted by Crippen LogP contribution is 2.14. The van der Waals surface area contributed by atoms with Crippen LogP contribution in [0.4, 0.5) is 0 Å². The van der Waals surface area contributed by atoms with Crippen molar-refractivity contribution in [2.45, 2.75) is 19.1 Å². The van der Waals surface area contributed by atoms with Crippen molar-refractivity contribution in [3.05, 3.63) is 0 Å². The van der Waals surface area contributed by atoms with Gasteiger partial charge in [-0.1, -0.05) is 21.0 Å². The van der Waals surface area contributed by atoms with Crippen LogP contribution in [0.2, 0.25) is 0 Å². The highest BCUT2D eigenvalue weighted by Gasteiger charge is 2.26. The number of hydrogen-bond donors (Lipinski definition) is 0. The Bertz CT molecular complexity index is 77.7. The molecule has 48 valence electrons. The summed E-state index contributed by atoms with van der Waals surface area (Å²) < 4.78 is 0. The molecule has 2 unspecified atom stereocenters. The van der Waals surface area contributed by atoms with Gasteiger partial charge in [-0.15, -0.1) is 0 Å². The van der Waals surface area contributed by atoms with Crippen LogP contribution >= 0.6 is 15.9 Å². The zero-order chi connectivity index (χ0) is 5.98. The van der Waals surface area contributed by atoms with Gasteiger partial charge in [0.25, 0.3) is 0 Å². The van der Waals surface area contributed by atoms with E-state index in [4.69, 9.17) is 0 Å². The van der Waals surface area contributed by atoms with Crippen molar-refractivity contribution in [1.29, 1.82) is 0 Å². The van der Waals surface area contributed by atoms with Gasteiger partial charge < -0.3 is 0 Å². The number of halogens is 1. The van der Waals surface area contributed by atoms with Crippen molar-refractivity contribution < 1.29 is 14.8 Å². The monoisotopic (exact) mass is 182 g/mol. The second kappa shape index (κ2) is 2.77. The minimum atomic E-state index is 0.0365. The highest BCUT2D eigenvalue weighted by molar-refractivity contribution is 9.09. The molecule has 0 aromatic heterocycles. The fraction of sp³-hybridized carbons (Fsp3) is 1.00. The summed E-state index contributed by atoms with van der Waals surface area (Å²) in [6.07, 6.45) is 0.0735. The Balaban J connectivity index is 2.30. The summed E-state index contributed by atoms with van der Waals surface area (Å²) in [4.78, 5) is 9.25. The molecule has 3 nitrogen and oxygen atoms in total. The fourth-order valence-electron chi connectivity index (χ4n) is 0.426. The van der Waals surface area contributed by atoms with Crippen LogP contribution in [0.5, 0.6) is 0 Å². The number of rotatable bonds is 1. The van der Waals surface area contributed by atoms with Crippen LogP contribution in [0.25, 0.3) is 0 Å². The first-order valence-electron chi connectivity index (χ1n) is 2.39. The normalized spacial score (nSPS) is 38.2. The lowest BCUT2D eigenvalue weighted by atomic mass is 10.3. The summed E-state index contributed by atoms with van der Waals surface area (Å²) in [5, 5.41) is 4.97. The molecular weight excluding hydrogens is 176 g/mol. The summed E-state index contributed by atoms with van der Waals surface area (Å²) in [7, 11) is 0. The molecule has 0 saturated carbocycles. The molecule has 1 heterocycles. The molecule has 0 N–H and O–H groups in total. The summed E-state index contributed by atoms with van der Waals surface area (Å²) in [5.74, 6) is 0. The molecule has 0 bridgehead atoms. The van der Waals surface area contributed by atoms with Crippen molar-refractivity contribution in [2.75, 3.05) is 5.33 Å². The van der Waals surface area contributed by atoms with E-state index in [2.05, 4.69) is 30.7 Å². The first-order chi connectivity index (χ1) is 3.84. The molecule has 0 aromatic rings. The van der Waals surface area contributed by atoms with Crippen LogP contribution in [-0.2, 0) is 14.8 Å². The van der Waals surface area contributed by atoms with Crippen molar-refractivity contribution >= 4 is 15.9 Å². The van der Waals surface area contributed by atoms with Crippen molar-refractivity contribution in [2.24, 2.45) is 0 Å². The van der Waals surface area contributed by atoms with E-state index >= 15 is 0 Å². The molecule has 1 rings (SSSR count). The molecule has 0 amide bonds. The molecule has 0 radical (unpaired) electrons. The van der Waals surface area contributed by atoms with Gasteiger partial charge in [0.1, 0.15) is 12.2 Å². The largest absolute Gasteiger partial charge is 0.200 e. The Morgan fingerprint density at radius 2 is 2.25 bits per heavy atom. The van der Waals surface area contributed by atoms with E-state index in [-0.39, 0.29) is 12.2 Å². The summed E-state index contributed by atoms with van der Waals surface area (Å²) >= 11 is 3.23. The lowest BCUT2D eigenvalue weighted by molar-refractivity contribution is -0.464. The SMILES string of the molecule is CC1OOOC1CBr. The molecule has 0 aromatic carbocycles. The molecule has 0 spiro atoms. The molecule has 8 heavy (non-hydrogen) atoms. The number of alkyl halides is 1. The van der Waals surface area contributed by atoms with Gasteiger partial charge >= 0.3 is 0 Å². The summed E-state index contributed by atoms with van der Waals surface area (Å²) in [6.45, 7) is 1.89. The predicted molar refractivity (Wildman–Crippen MR) is 30.3 cm³/mol. The summed E-state index contributed by atoms with van der Waals surface area (Å²) in [6, 6.07) is 0. The maximum absolute atomic E-state index is 4.65. The van der Waals surface area contributed by atoms with Crippen LogP contribution < -0.4 is 0 Å². The van der Waals surface area contributed by atoms with Gasteiger partial charge in [-0.05, 0) is 6.92 Å². The Morgan fingerprint density at radius 3 is 2.50 bits per heavy atom. The van der Waals surface area contributed by atoms with Crippen molar-refractivity contribution in [3.8, 4) is 0 Å². The predicted octanol–water partition coefficient (Wildman–Crippen LogP) is 1.03. The van der Waals surface area contributed by atoms with Crippen LogP contribution in [0.15, 0.2) is 0 Å². The molecule has 0 aliphatic carbocycles. The highest BCUT2D eigenvalue weighted by atomic mass is 79.9. The first kappa shape index (κ1) is 6.48. The van der Waals surface area contributed by atoms with Gasteiger partial charge in [0.2, 0.25) is 0 Å². The number of hydrogen-bond acceptors (Lipinski definition) is 3. The quantitative estimate of drug-likeness (QED) is 0.448. The molecule has 2 atom stereocenters. The average molecular weight is 183 g/mol. The Hall–Kier alpha value is 0.360. The van der Waals surface area contributed by atoms with Gasteiger partial charge in [0.05, 0.1) is 0 Å². The Morgan fingerprint density at radius 1 is 1.50 bits per heavy atom. The van der Waals surface area contributed by atoms with Crippen LogP contribution in [0, 0.1) is 0 Å². The van der Waals surface area contributed by atoms with E-state index in [0.29, 0.717) is 0 Å². The molecule has 4 heteroatoms. The fourth-order valence-corrected chi connectivity index (χ4v) is 1.06. The average Bonchev–Trinajstić information content (AvgIpc) is 2.14. The standard InChI is InChI=1S/C4H7BrO3/c1-3-4(2-5)7-8-6-3/h3-4H,2H2,1H3. The third-order valence-corrected chi connectivity index (χ3v) is 1.67. The third-order valence-electron chi connectivity index (χ3n) is 1.03. The molecule has 1 aliphatic heterocycles. The Kier molecular flexibility index (Phi) is 2.25. The lowest BCUT2D eigenvalue weighted by Gasteiger charge is -2.01. The van der Waals surface area contributed by atoms with Crippen LogP contribution in [0.1, 0.15) is 6.92 Å². The minimum absolute atomic E-state index is 0.0365. The second-order valence-electron chi connectivity index (χ2n) is 1.66. The van der Waals surface area contributed by atoms with Gasteiger partial charge in [-0.25, -0.2) is 4.89 Å². The third kappa shape index (κ3) is 1.20. The lowest BCUT2D eigenvalue weighted by Crippen LogP contribution is -2.19. The second-order valence-corrected chi connectivity index (χ2v) is 2.31. The van der Waals surface area contributed by atoms with Crippen LogP contribution in [-0.4, -0.2) is 17.5 Å². The van der Waals surface area contributed by atoms with Gasteiger partial charge in [-0.3, -0.25) is 0 Å². The van der Waals surface area contributed by atoms with E-state index in [1.165, 1.54) is 0 Å². The van der Waals surface area contributed by atoms with Gasteiger partial charge in [-0.2, -0.15) is 4.89 Å². The molecule has 1 fully saturated rings. The first-order valence-corrected chi connectivity index (χ1v) is 3.51. The van der Waals surface area contributed by atoms with Crippen molar-refractivity contribution in [3.63, 3.8) is 0 Å². The zero-order valence-electron chi connectivity index (χ0n) is 4.46. The zero-order valence-corrected chi connectivity index (χ0v) is 6.05. The van der Waals surface area contributed by atoms with E-state index < -0.39 is 0 Å². The molecular formula is C4H7BrO3. The summed E-state index contributed by atoms with van der Waals surface area (Å²) in [5.41, 5.74) is 0. The van der Waals surface area contributed by atoms with Gasteiger partial charge in [0.15, 0.2) is 0 Å². The molecule has 1 saturated heterocycles. The van der Waals surface area contributed by atoms with E-state index in [0.717, 1.165) is 5.33 Å². The maximum atomic E-state index is 4.65. The van der Waals surface area contributed by atoms with E-state index in [1.54, 1.807) is 0 Å². The topological polar surface area (TPSA) is 27.7 Å².